The fraction of sp³-hybridized carbons (Fsp3) is 0.600. The first-order chi connectivity index (χ1) is 9.08. The van der Waals surface area contributed by atoms with Crippen LogP contribution < -0.4 is 10.1 Å². The molecule has 0 spiro atoms. The van der Waals surface area contributed by atoms with Gasteiger partial charge in [0.1, 0.15) is 17.7 Å². The Bertz CT molecular complexity index is 432. The zero-order chi connectivity index (χ0) is 13.9. The van der Waals surface area contributed by atoms with Crippen molar-refractivity contribution in [3.8, 4) is 5.75 Å². The summed E-state index contributed by atoms with van der Waals surface area (Å²) in [5, 5.41) is 12.8. The summed E-state index contributed by atoms with van der Waals surface area (Å²) in [7, 11) is 1.88. The minimum Gasteiger partial charge on any atom is -0.490 e. The lowest BCUT2D eigenvalue weighted by atomic mass is 9.80. The predicted molar refractivity (Wildman–Crippen MR) is 72.9 cm³/mol. The van der Waals surface area contributed by atoms with Crippen molar-refractivity contribution < 1.29 is 14.2 Å². The minimum absolute atomic E-state index is 0.0671. The summed E-state index contributed by atoms with van der Waals surface area (Å²) < 4.78 is 19.0. The van der Waals surface area contributed by atoms with Gasteiger partial charge in [0.15, 0.2) is 0 Å². The summed E-state index contributed by atoms with van der Waals surface area (Å²) in [6.45, 7) is 1.96. The van der Waals surface area contributed by atoms with Crippen molar-refractivity contribution in [2.75, 3.05) is 13.7 Å². The maximum absolute atomic E-state index is 13.1. The van der Waals surface area contributed by atoms with Crippen LogP contribution in [0, 0.1) is 12.7 Å². The zero-order valence-corrected chi connectivity index (χ0v) is 11.6. The molecule has 2 atom stereocenters. The van der Waals surface area contributed by atoms with Gasteiger partial charge < -0.3 is 15.2 Å². The second kappa shape index (κ2) is 5.88. The van der Waals surface area contributed by atoms with Crippen molar-refractivity contribution in [3.63, 3.8) is 0 Å². The number of hydrogen-bond donors (Lipinski definition) is 2. The molecular weight excluding hydrogens is 245 g/mol. The van der Waals surface area contributed by atoms with Gasteiger partial charge >= 0.3 is 0 Å². The van der Waals surface area contributed by atoms with Gasteiger partial charge in [-0.05, 0) is 57.0 Å². The minimum atomic E-state index is -0.242. The van der Waals surface area contributed by atoms with Gasteiger partial charge in [-0.3, -0.25) is 0 Å². The lowest BCUT2D eigenvalue weighted by Crippen LogP contribution is -2.52. The Hall–Kier alpha value is -1.13. The van der Waals surface area contributed by atoms with E-state index in [1.54, 1.807) is 6.07 Å². The lowest BCUT2D eigenvalue weighted by Gasteiger charge is -2.39. The van der Waals surface area contributed by atoms with Crippen molar-refractivity contribution in [3.05, 3.63) is 29.6 Å². The van der Waals surface area contributed by atoms with Crippen molar-refractivity contribution in [2.24, 2.45) is 0 Å². The average molecular weight is 267 g/mol. The number of rotatable bonds is 4. The zero-order valence-electron chi connectivity index (χ0n) is 11.6. The van der Waals surface area contributed by atoms with Crippen LogP contribution in [0.4, 0.5) is 4.39 Å². The molecule has 1 aromatic carbocycles. The summed E-state index contributed by atoms with van der Waals surface area (Å²) in [4.78, 5) is 0. The third-order valence-electron chi connectivity index (χ3n) is 4.06. The van der Waals surface area contributed by atoms with E-state index in [1.807, 2.05) is 14.0 Å². The fourth-order valence-corrected chi connectivity index (χ4v) is 2.78. The van der Waals surface area contributed by atoms with Gasteiger partial charge in [-0.25, -0.2) is 4.39 Å². The van der Waals surface area contributed by atoms with Crippen molar-refractivity contribution in [2.45, 2.75) is 44.2 Å². The molecule has 0 amide bonds. The van der Waals surface area contributed by atoms with Crippen molar-refractivity contribution >= 4 is 0 Å². The van der Waals surface area contributed by atoms with Gasteiger partial charge in [-0.2, -0.15) is 0 Å². The Morgan fingerprint density at radius 3 is 2.95 bits per heavy atom. The number of aliphatic hydroxyl groups excluding tert-OH is 1. The smallest absolute Gasteiger partial charge is 0.123 e. The number of aliphatic hydroxyl groups is 1. The van der Waals surface area contributed by atoms with Crippen LogP contribution in [0.15, 0.2) is 18.2 Å². The van der Waals surface area contributed by atoms with Crippen molar-refractivity contribution in [1.29, 1.82) is 0 Å². The van der Waals surface area contributed by atoms with Gasteiger partial charge in [0.05, 0.1) is 6.61 Å². The Kier molecular flexibility index (Phi) is 4.42. The molecule has 2 N–H and O–H groups in total. The molecule has 0 heterocycles. The standard InChI is InChI=1S/C15H22FNO2/c1-11-8-12(16)5-6-14(11)19-13-4-3-7-15(9-13,10-18)17-2/h5-6,8,13,17-18H,3-4,7,9-10H2,1-2H3. The van der Waals surface area contributed by atoms with Crippen LogP contribution in [-0.4, -0.2) is 30.4 Å². The van der Waals surface area contributed by atoms with E-state index in [1.165, 1.54) is 12.1 Å². The molecule has 0 saturated heterocycles. The van der Waals surface area contributed by atoms with E-state index < -0.39 is 0 Å². The van der Waals surface area contributed by atoms with Crippen LogP contribution in [0.25, 0.3) is 0 Å². The molecule has 0 aliphatic heterocycles. The van der Waals surface area contributed by atoms with Gasteiger partial charge in [-0.1, -0.05) is 0 Å². The molecule has 106 valence electrons. The van der Waals surface area contributed by atoms with Crippen LogP contribution in [0.1, 0.15) is 31.2 Å². The molecule has 0 radical (unpaired) electrons. The third kappa shape index (κ3) is 3.25. The number of aryl methyl sites for hydroxylation is 1. The molecule has 0 bridgehead atoms. The quantitative estimate of drug-likeness (QED) is 0.880. The van der Waals surface area contributed by atoms with Crippen LogP contribution in [0.3, 0.4) is 0 Å². The molecule has 1 saturated carbocycles. The van der Waals surface area contributed by atoms with E-state index in [2.05, 4.69) is 5.32 Å². The monoisotopic (exact) mass is 267 g/mol. The summed E-state index contributed by atoms with van der Waals surface area (Å²) in [5.41, 5.74) is 0.571. The SMILES string of the molecule is CNC1(CO)CCCC(Oc2ccc(F)cc2C)C1. The van der Waals surface area contributed by atoms with Crippen molar-refractivity contribution in [1.82, 2.24) is 5.32 Å². The third-order valence-corrected chi connectivity index (χ3v) is 4.06. The molecule has 1 fully saturated rings. The second-order valence-corrected chi connectivity index (χ2v) is 5.43. The largest absolute Gasteiger partial charge is 0.490 e. The Labute approximate surface area is 113 Å². The summed E-state index contributed by atoms with van der Waals surface area (Å²) in [6, 6.07) is 4.58. The fourth-order valence-electron chi connectivity index (χ4n) is 2.78. The Morgan fingerprint density at radius 1 is 1.53 bits per heavy atom. The van der Waals surface area contributed by atoms with Gasteiger partial charge in [0.2, 0.25) is 0 Å². The number of halogens is 1. The molecule has 19 heavy (non-hydrogen) atoms. The first-order valence-electron chi connectivity index (χ1n) is 6.81. The summed E-state index contributed by atoms with van der Waals surface area (Å²) >= 11 is 0. The summed E-state index contributed by atoms with van der Waals surface area (Å²) in [5.74, 6) is 0.490. The van der Waals surface area contributed by atoms with Gasteiger partial charge in [-0.15, -0.1) is 0 Å². The Morgan fingerprint density at radius 2 is 2.32 bits per heavy atom. The van der Waals surface area contributed by atoms with Crippen LogP contribution in [-0.2, 0) is 0 Å². The maximum Gasteiger partial charge on any atom is 0.123 e. The van der Waals surface area contributed by atoms with Crippen LogP contribution in [0.2, 0.25) is 0 Å². The van der Waals surface area contributed by atoms with Crippen LogP contribution in [0.5, 0.6) is 5.75 Å². The van der Waals surface area contributed by atoms with E-state index in [9.17, 15) is 9.50 Å². The predicted octanol–water partition coefficient (Wildman–Crippen LogP) is 2.41. The number of benzene rings is 1. The van der Waals surface area contributed by atoms with E-state index in [0.29, 0.717) is 0 Å². The highest BCUT2D eigenvalue weighted by Crippen LogP contribution is 2.31. The number of likely N-dealkylation sites (N-methyl/N-ethyl adjacent to an activating group) is 1. The first kappa shape index (κ1) is 14.3. The van der Waals surface area contributed by atoms with E-state index in [0.717, 1.165) is 37.0 Å². The average Bonchev–Trinajstić information content (AvgIpc) is 2.42. The van der Waals surface area contributed by atoms with Gasteiger partial charge in [0, 0.05) is 12.0 Å². The normalized spacial score (nSPS) is 27.3. The molecule has 1 aliphatic rings. The number of nitrogens with one attached hydrogen (secondary N) is 1. The first-order valence-corrected chi connectivity index (χ1v) is 6.81. The maximum atomic E-state index is 13.1. The highest BCUT2D eigenvalue weighted by molar-refractivity contribution is 5.32. The van der Waals surface area contributed by atoms with E-state index in [-0.39, 0.29) is 24.1 Å². The van der Waals surface area contributed by atoms with E-state index in [4.69, 9.17) is 4.74 Å². The van der Waals surface area contributed by atoms with E-state index >= 15 is 0 Å². The molecular formula is C15H22FNO2. The molecule has 1 aromatic rings. The topological polar surface area (TPSA) is 41.5 Å². The highest BCUT2D eigenvalue weighted by Gasteiger charge is 2.35. The second-order valence-electron chi connectivity index (χ2n) is 5.43. The molecule has 2 unspecified atom stereocenters. The Balaban J connectivity index is 2.06. The molecule has 0 aromatic heterocycles. The molecule has 2 rings (SSSR count). The molecule has 1 aliphatic carbocycles. The number of ether oxygens (including phenoxy) is 1. The molecule has 3 nitrogen and oxygen atoms in total. The lowest BCUT2D eigenvalue weighted by molar-refractivity contribution is 0.0551. The van der Waals surface area contributed by atoms with Gasteiger partial charge in [0.25, 0.3) is 0 Å². The number of hydrogen-bond acceptors (Lipinski definition) is 3. The van der Waals surface area contributed by atoms with Crippen LogP contribution >= 0.6 is 0 Å². The summed E-state index contributed by atoms with van der Waals surface area (Å²) in [6.07, 6.45) is 3.79. The molecule has 4 heteroatoms. The highest BCUT2D eigenvalue weighted by atomic mass is 19.1.